The predicted octanol–water partition coefficient (Wildman–Crippen LogP) is 1.25. The Bertz CT molecular complexity index is 584. The van der Waals surface area contributed by atoms with Crippen LogP contribution in [0.25, 0.3) is 0 Å². The van der Waals surface area contributed by atoms with Crippen molar-refractivity contribution in [1.29, 1.82) is 0 Å². The van der Waals surface area contributed by atoms with Gasteiger partial charge < -0.3 is 5.73 Å². The molecule has 0 saturated carbocycles. The number of nitro groups is 1. The van der Waals surface area contributed by atoms with Crippen molar-refractivity contribution in [2.24, 2.45) is 5.73 Å². The molecule has 2 aliphatic carbocycles. The van der Waals surface area contributed by atoms with Gasteiger partial charge in [-0.1, -0.05) is 6.07 Å². The van der Waals surface area contributed by atoms with Crippen LogP contribution in [0.4, 0.5) is 0 Å². The van der Waals surface area contributed by atoms with Crippen molar-refractivity contribution in [1.82, 2.24) is 4.98 Å². The Morgan fingerprint density at radius 3 is 2.65 bits per heavy atom. The molecular weight excluding hydrogens is 258 g/mol. The van der Waals surface area contributed by atoms with Crippen molar-refractivity contribution < 1.29 is 9.72 Å². The van der Waals surface area contributed by atoms with E-state index in [2.05, 4.69) is 4.98 Å². The number of primary amides is 1. The topological polar surface area (TPSA) is 99.1 Å². The Balaban J connectivity index is 2.21. The van der Waals surface area contributed by atoms with Gasteiger partial charge in [0, 0.05) is 17.0 Å². The Morgan fingerprint density at radius 1 is 1.25 bits per heavy atom. The Kier molecular flexibility index (Phi) is 2.96. The first kappa shape index (κ1) is 13.0. The van der Waals surface area contributed by atoms with Crippen LogP contribution in [0.15, 0.2) is 6.07 Å². The molecule has 3 rings (SSSR count). The van der Waals surface area contributed by atoms with Crippen LogP contribution in [0.3, 0.4) is 0 Å². The number of hydrogen-bond donors (Lipinski definition) is 1. The highest BCUT2D eigenvalue weighted by molar-refractivity contribution is 5.85. The number of hydrogen-bond acceptors (Lipinski definition) is 4. The van der Waals surface area contributed by atoms with Crippen LogP contribution in [0.2, 0.25) is 0 Å². The zero-order valence-corrected chi connectivity index (χ0v) is 11.2. The molecule has 6 heteroatoms. The number of pyridine rings is 1. The molecule has 6 nitrogen and oxygen atoms in total. The van der Waals surface area contributed by atoms with Crippen LogP contribution in [0.1, 0.15) is 48.2 Å². The van der Waals surface area contributed by atoms with E-state index in [1.54, 1.807) is 0 Å². The number of carbonyl (C=O) groups is 1. The lowest BCUT2D eigenvalue weighted by Crippen LogP contribution is -2.50. The number of rotatable bonds is 2. The van der Waals surface area contributed by atoms with Crippen molar-refractivity contribution in [3.05, 3.63) is 38.7 Å². The van der Waals surface area contributed by atoms with E-state index in [1.807, 2.05) is 6.07 Å². The molecule has 1 amide bonds. The first-order chi connectivity index (χ1) is 9.55. The molecule has 2 aliphatic rings. The SMILES string of the molecule is NC(=O)[C@]1([N+](=O)[O-])CCCc2cc3c(nc21)CCCC3. The lowest BCUT2D eigenvalue weighted by molar-refractivity contribution is -0.564. The second kappa shape index (κ2) is 4.54. The number of nitrogens with two attached hydrogens (primary N) is 1. The molecule has 0 radical (unpaired) electrons. The number of aryl methyl sites for hydroxylation is 3. The van der Waals surface area contributed by atoms with Gasteiger partial charge in [-0.2, -0.15) is 0 Å². The Labute approximate surface area is 116 Å². The van der Waals surface area contributed by atoms with Gasteiger partial charge in [-0.15, -0.1) is 0 Å². The molecular formula is C14H17N3O3. The summed E-state index contributed by atoms with van der Waals surface area (Å²) in [4.78, 5) is 27.3. The van der Waals surface area contributed by atoms with Crippen LogP contribution < -0.4 is 5.73 Å². The van der Waals surface area contributed by atoms with Crippen LogP contribution >= 0.6 is 0 Å². The van der Waals surface area contributed by atoms with Crippen molar-refractivity contribution >= 4 is 5.91 Å². The van der Waals surface area contributed by atoms with E-state index in [0.29, 0.717) is 12.1 Å². The van der Waals surface area contributed by atoms with E-state index in [-0.39, 0.29) is 6.42 Å². The number of aromatic nitrogens is 1. The second-order valence-corrected chi connectivity index (χ2v) is 5.64. The normalized spacial score (nSPS) is 24.6. The summed E-state index contributed by atoms with van der Waals surface area (Å²) in [5.74, 6) is -0.897. The minimum absolute atomic E-state index is 0.147. The standard InChI is InChI=1S/C14H17N3O3/c15-13(18)14(17(19)20)7-3-5-10-8-9-4-1-2-6-11(9)16-12(10)14/h8H,1-7H2,(H2,15,18)/t14-/m0/s1. The van der Waals surface area contributed by atoms with E-state index in [4.69, 9.17) is 5.73 Å². The largest absolute Gasteiger partial charge is 0.363 e. The number of nitrogens with zero attached hydrogens (tertiary/aromatic N) is 2. The van der Waals surface area contributed by atoms with Crippen molar-refractivity contribution in [3.8, 4) is 0 Å². The van der Waals surface area contributed by atoms with Gasteiger partial charge in [0.1, 0.15) is 5.69 Å². The van der Waals surface area contributed by atoms with Gasteiger partial charge in [0.15, 0.2) is 0 Å². The molecule has 0 fully saturated rings. The molecule has 0 unspecified atom stereocenters. The fourth-order valence-electron chi connectivity index (χ4n) is 3.39. The lowest BCUT2D eigenvalue weighted by atomic mass is 9.78. The molecule has 20 heavy (non-hydrogen) atoms. The highest BCUT2D eigenvalue weighted by Gasteiger charge is 2.55. The summed E-state index contributed by atoms with van der Waals surface area (Å²) in [6.07, 6.45) is 5.45. The molecule has 1 atom stereocenters. The number of fused-ring (bicyclic) bond motifs is 2. The maximum absolute atomic E-state index is 11.8. The summed E-state index contributed by atoms with van der Waals surface area (Å²) in [6.45, 7) is 0. The third-order valence-corrected chi connectivity index (χ3v) is 4.48. The smallest absolute Gasteiger partial charge is 0.339 e. The predicted molar refractivity (Wildman–Crippen MR) is 71.7 cm³/mol. The molecule has 0 aromatic carbocycles. The van der Waals surface area contributed by atoms with Gasteiger partial charge in [-0.3, -0.25) is 14.9 Å². The maximum Gasteiger partial charge on any atom is 0.339 e. The van der Waals surface area contributed by atoms with Gasteiger partial charge in [0.2, 0.25) is 0 Å². The zero-order valence-electron chi connectivity index (χ0n) is 11.2. The molecule has 2 N–H and O–H groups in total. The lowest BCUT2D eigenvalue weighted by Gasteiger charge is -2.29. The third-order valence-electron chi connectivity index (χ3n) is 4.48. The summed E-state index contributed by atoms with van der Waals surface area (Å²) in [5.41, 5.74) is 6.75. The van der Waals surface area contributed by atoms with Gasteiger partial charge in [-0.05, 0) is 49.7 Å². The minimum Gasteiger partial charge on any atom is -0.363 e. The maximum atomic E-state index is 11.8. The first-order valence-electron chi connectivity index (χ1n) is 7.02. The molecule has 1 aromatic heterocycles. The van der Waals surface area contributed by atoms with Gasteiger partial charge >= 0.3 is 11.4 Å². The zero-order chi connectivity index (χ0) is 14.3. The van der Waals surface area contributed by atoms with Crippen LogP contribution in [-0.4, -0.2) is 15.8 Å². The van der Waals surface area contributed by atoms with Crippen molar-refractivity contribution in [3.63, 3.8) is 0 Å². The summed E-state index contributed by atoms with van der Waals surface area (Å²) in [7, 11) is 0. The fourth-order valence-corrected chi connectivity index (χ4v) is 3.39. The van der Waals surface area contributed by atoms with E-state index >= 15 is 0 Å². The molecule has 0 aliphatic heterocycles. The van der Waals surface area contributed by atoms with Gasteiger partial charge in [0.25, 0.3) is 0 Å². The number of carbonyl (C=O) groups excluding carboxylic acids is 1. The summed E-state index contributed by atoms with van der Waals surface area (Å²) in [6, 6.07) is 2.01. The van der Waals surface area contributed by atoms with Gasteiger partial charge in [-0.25, -0.2) is 4.98 Å². The monoisotopic (exact) mass is 275 g/mol. The third kappa shape index (κ3) is 1.71. The van der Waals surface area contributed by atoms with Crippen LogP contribution in [0.5, 0.6) is 0 Å². The average Bonchev–Trinajstić information content (AvgIpc) is 2.43. The molecule has 0 saturated heterocycles. The van der Waals surface area contributed by atoms with Crippen LogP contribution in [-0.2, 0) is 29.6 Å². The first-order valence-corrected chi connectivity index (χ1v) is 7.02. The molecule has 0 bridgehead atoms. The number of amides is 1. The van der Waals surface area contributed by atoms with Crippen molar-refractivity contribution in [2.75, 3.05) is 0 Å². The molecule has 106 valence electrons. The van der Waals surface area contributed by atoms with Gasteiger partial charge in [0.05, 0.1) is 0 Å². The summed E-state index contributed by atoms with van der Waals surface area (Å²) >= 11 is 0. The van der Waals surface area contributed by atoms with E-state index in [0.717, 1.165) is 43.4 Å². The fraction of sp³-hybridized carbons (Fsp3) is 0.571. The highest BCUT2D eigenvalue weighted by atomic mass is 16.6. The Hall–Kier alpha value is -1.98. The molecule has 1 aromatic rings. The average molecular weight is 275 g/mol. The van der Waals surface area contributed by atoms with Crippen molar-refractivity contribution in [2.45, 2.75) is 50.5 Å². The minimum atomic E-state index is -1.83. The summed E-state index contributed by atoms with van der Waals surface area (Å²) < 4.78 is 0. The summed E-state index contributed by atoms with van der Waals surface area (Å²) in [5, 5.41) is 11.5. The Morgan fingerprint density at radius 2 is 1.95 bits per heavy atom. The van der Waals surface area contributed by atoms with E-state index in [1.165, 1.54) is 5.56 Å². The highest BCUT2D eigenvalue weighted by Crippen LogP contribution is 2.38. The quantitative estimate of drug-likeness (QED) is 0.648. The van der Waals surface area contributed by atoms with E-state index in [9.17, 15) is 14.9 Å². The molecule has 0 spiro atoms. The van der Waals surface area contributed by atoms with E-state index < -0.39 is 16.4 Å². The second-order valence-electron chi connectivity index (χ2n) is 5.64. The van der Waals surface area contributed by atoms with Crippen LogP contribution in [0, 0.1) is 10.1 Å². The molecule has 1 heterocycles.